The Bertz CT molecular complexity index is 318. The minimum Gasteiger partial charge on any atom is -0.299 e. The van der Waals surface area contributed by atoms with E-state index in [0.29, 0.717) is 17.5 Å². The number of nitrogens with zero attached hydrogens (tertiary/aromatic N) is 1. The molecule has 1 rings (SSSR count). The van der Waals surface area contributed by atoms with E-state index in [1.165, 1.54) is 6.08 Å². The Kier molecular flexibility index (Phi) is 2.90. The molecule has 60 valence electrons. The van der Waals surface area contributed by atoms with Crippen LogP contribution in [0.15, 0.2) is 35.5 Å². The van der Waals surface area contributed by atoms with E-state index in [-0.39, 0.29) is 0 Å². The molecule has 0 spiro atoms. The molecule has 12 heavy (non-hydrogen) atoms. The lowest BCUT2D eigenvalue weighted by Gasteiger charge is -1.93. The third-order valence-electron chi connectivity index (χ3n) is 1.39. The third kappa shape index (κ3) is 1.85. The van der Waals surface area contributed by atoms with Crippen molar-refractivity contribution in [3.05, 3.63) is 40.8 Å². The molecule has 1 aromatic carbocycles. The minimum absolute atomic E-state index is 0.343. The van der Waals surface area contributed by atoms with Gasteiger partial charge in [0, 0.05) is 5.56 Å². The third-order valence-corrected chi connectivity index (χ3v) is 1.39. The maximum Gasteiger partial charge on any atom is 0.142 e. The highest BCUT2D eigenvalue weighted by atomic mass is 16.3. The van der Waals surface area contributed by atoms with E-state index in [1.54, 1.807) is 30.3 Å². The van der Waals surface area contributed by atoms with Crippen molar-refractivity contribution in [1.82, 2.24) is 0 Å². The van der Waals surface area contributed by atoms with Crippen LogP contribution in [0.2, 0.25) is 0 Å². The summed E-state index contributed by atoms with van der Waals surface area (Å²) in [4.78, 5) is 20.2. The van der Waals surface area contributed by atoms with Crippen molar-refractivity contribution in [3.8, 4) is 0 Å². The molecule has 0 fully saturated rings. The summed E-state index contributed by atoms with van der Waals surface area (Å²) in [6.45, 7) is 0. The summed E-state index contributed by atoms with van der Waals surface area (Å²) >= 11 is 0. The van der Waals surface area contributed by atoms with Gasteiger partial charge in [-0.05, 0) is 23.4 Å². The zero-order valence-electron chi connectivity index (χ0n) is 6.31. The number of nitroso groups, excluding NO2 is 1. The Morgan fingerprint density at radius 3 is 2.67 bits per heavy atom. The van der Waals surface area contributed by atoms with Crippen molar-refractivity contribution in [2.45, 2.75) is 0 Å². The summed E-state index contributed by atoms with van der Waals surface area (Å²) < 4.78 is 0. The second kappa shape index (κ2) is 4.18. The molecule has 0 unspecified atom stereocenters. The van der Waals surface area contributed by atoms with E-state index in [2.05, 4.69) is 5.18 Å². The first-order valence-corrected chi connectivity index (χ1v) is 3.42. The van der Waals surface area contributed by atoms with Crippen LogP contribution in [0, 0.1) is 4.91 Å². The second-order valence-corrected chi connectivity index (χ2v) is 2.15. The smallest absolute Gasteiger partial charge is 0.142 e. The van der Waals surface area contributed by atoms with E-state index < -0.39 is 0 Å². The van der Waals surface area contributed by atoms with Gasteiger partial charge in [0.1, 0.15) is 12.0 Å². The number of benzene rings is 1. The Morgan fingerprint density at radius 1 is 1.25 bits per heavy atom. The van der Waals surface area contributed by atoms with Crippen LogP contribution in [0.3, 0.4) is 0 Å². The largest absolute Gasteiger partial charge is 0.299 e. The molecule has 0 aliphatic rings. The molecular formula is C9H7NO2. The first-order valence-electron chi connectivity index (χ1n) is 3.42. The molecule has 3 nitrogen and oxygen atoms in total. The maximum atomic E-state index is 10.2. The fourth-order valence-corrected chi connectivity index (χ4v) is 0.855. The van der Waals surface area contributed by atoms with Crippen molar-refractivity contribution in [2.75, 3.05) is 0 Å². The Labute approximate surface area is 69.7 Å². The fourth-order valence-electron chi connectivity index (χ4n) is 0.855. The van der Waals surface area contributed by atoms with E-state index in [0.717, 1.165) is 0 Å². The first kappa shape index (κ1) is 8.33. The zero-order valence-corrected chi connectivity index (χ0v) is 6.31. The molecule has 0 radical (unpaired) electrons. The summed E-state index contributed by atoms with van der Waals surface area (Å²) in [7, 11) is 0. The van der Waals surface area contributed by atoms with Crippen molar-refractivity contribution in [1.29, 1.82) is 0 Å². The van der Waals surface area contributed by atoms with Crippen LogP contribution in [-0.4, -0.2) is 6.29 Å². The number of carbonyl (C=O) groups excluding carboxylic acids is 1. The van der Waals surface area contributed by atoms with Crippen LogP contribution < -0.4 is 0 Å². The Morgan fingerprint density at radius 2 is 2.00 bits per heavy atom. The minimum atomic E-state index is 0.343. The Balaban J connectivity index is 3.04. The number of aldehydes is 1. The van der Waals surface area contributed by atoms with E-state index in [1.807, 2.05) is 0 Å². The van der Waals surface area contributed by atoms with Crippen LogP contribution in [-0.2, 0) is 4.79 Å². The van der Waals surface area contributed by atoms with Gasteiger partial charge in [0.2, 0.25) is 0 Å². The quantitative estimate of drug-likeness (QED) is 0.388. The molecule has 0 N–H and O–H groups in total. The molecule has 3 heteroatoms. The molecular weight excluding hydrogens is 154 g/mol. The van der Waals surface area contributed by atoms with Gasteiger partial charge in [-0.1, -0.05) is 18.2 Å². The van der Waals surface area contributed by atoms with Crippen LogP contribution in [0.1, 0.15) is 5.56 Å². The summed E-state index contributed by atoms with van der Waals surface area (Å²) in [6, 6.07) is 6.81. The van der Waals surface area contributed by atoms with Gasteiger partial charge in [-0.3, -0.25) is 4.79 Å². The van der Waals surface area contributed by atoms with E-state index in [4.69, 9.17) is 0 Å². The molecule has 0 aromatic heterocycles. The van der Waals surface area contributed by atoms with Gasteiger partial charge < -0.3 is 0 Å². The van der Waals surface area contributed by atoms with Crippen LogP contribution in [0.4, 0.5) is 5.69 Å². The topological polar surface area (TPSA) is 46.5 Å². The number of allylic oxidation sites excluding steroid dienone is 1. The van der Waals surface area contributed by atoms with Crippen LogP contribution in [0.5, 0.6) is 0 Å². The molecule has 0 aliphatic carbocycles. The van der Waals surface area contributed by atoms with Gasteiger partial charge in [0.05, 0.1) is 0 Å². The monoisotopic (exact) mass is 161 g/mol. The number of rotatable bonds is 3. The molecule has 1 aromatic rings. The van der Waals surface area contributed by atoms with Gasteiger partial charge >= 0.3 is 0 Å². The highest BCUT2D eigenvalue weighted by Crippen LogP contribution is 2.18. The highest BCUT2D eigenvalue weighted by molar-refractivity contribution is 5.76. The number of hydrogen-bond acceptors (Lipinski definition) is 3. The number of hydrogen-bond donors (Lipinski definition) is 0. The molecule has 0 saturated heterocycles. The van der Waals surface area contributed by atoms with Gasteiger partial charge in [-0.15, -0.1) is 4.91 Å². The zero-order chi connectivity index (χ0) is 8.81. The average Bonchev–Trinajstić information content (AvgIpc) is 2.15. The molecule has 0 amide bonds. The van der Waals surface area contributed by atoms with Crippen LogP contribution >= 0.6 is 0 Å². The lowest BCUT2D eigenvalue weighted by Crippen LogP contribution is -1.72. The van der Waals surface area contributed by atoms with Gasteiger partial charge in [0.25, 0.3) is 0 Å². The molecule has 0 heterocycles. The van der Waals surface area contributed by atoms with E-state index in [9.17, 15) is 9.70 Å². The highest BCUT2D eigenvalue weighted by Gasteiger charge is 1.95. The molecule has 0 saturated carbocycles. The van der Waals surface area contributed by atoms with Gasteiger partial charge in [-0.25, -0.2) is 0 Å². The van der Waals surface area contributed by atoms with Crippen molar-refractivity contribution in [2.24, 2.45) is 5.18 Å². The predicted molar refractivity (Wildman–Crippen MR) is 47.0 cm³/mol. The second-order valence-electron chi connectivity index (χ2n) is 2.15. The molecule has 0 atom stereocenters. The summed E-state index contributed by atoms with van der Waals surface area (Å²) in [5.41, 5.74) is 0.996. The number of carbonyl (C=O) groups is 1. The SMILES string of the molecule is O=CC=Cc1ccccc1N=O. The average molecular weight is 161 g/mol. The van der Waals surface area contributed by atoms with Crippen molar-refractivity contribution < 1.29 is 4.79 Å². The predicted octanol–water partition coefficient (Wildman–Crippen LogP) is 2.30. The summed E-state index contributed by atoms with van der Waals surface area (Å²) in [5, 5.41) is 2.81. The normalized spacial score (nSPS) is 10.0. The molecule has 0 aliphatic heterocycles. The van der Waals surface area contributed by atoms with Crippen molar-refractivity contribution in [3.63, 3.8) is 0 Å². The first-order chi connectivity index (χ1) is 5.88. The van der Waals surface area contributed by atoms with Crippen LogP contribution in [0.25, 0.3) is 6.08 Å². The van der Waals surface area contributed by atoms with Crippen molar-refractivity contribution >= 4 is 18.0 Å². The summed E-state index contributed by atoms with van der Waals surface area (Å²) in [6.07, 6.45) is 3.52. The van der Waals surface area contributed by atoms with Gasteiger partial charge in [0.15, 0.2) is 0 Å². The summed E-state index contributed by atoms with van der Waals surface area (Å²) in [5.74, 6) is 0. The van der Waals surface area contributed by atoms with Gasteiger partial charge in [-0.2, -0.15) is 0 Å². The lowest BCUT2D eigenvalue weighted by molar-refractivity contribution is -0.104. The lowest BCUT2D eigenvalue weighted by atomic mass is 10.2. The maximum absolute atomic E-state index is 10.2. The Hall–Kier alpha value is -1.77. The molecule has 0 bridgehead atoms. The fraction of sp³-hybridized carbons (Fsp3) is 0. The standard InChI is InChI=1S/C9H7NO2/c11-7-3-5-8-4-1-2-6-9(8)10-12/h1-7H. The van der Waals surface area contributed by atoms with E-state index >= 15 is 0 Å².